The van der Waals surface area contributed by atoms with Crippen molar-refractivity contribution >= 4 is 23.8 Å². The number of carbonyl (C=O) groups is 2. The molecule has 7 heteroatoms. The van der Waals surface area contributed by atoms with Crippen LogP contribution in [0.15, 0.2) is 0 Å². The van der Waals surface area contributed by atoms with Crippen molar-refractivity contribution in [2.75, 3.05) is 26.0 Å². The van der Waals surface area contributed by atoms with Crippen molar-refractivity contribution in [1.29, 1.82) is 0 Å². The van der Waals surface area contributed by atoms with E-state index in [4.69, 9.17) is 9.84 Å². The van der Waals surface area contributed by atoms with E-state index in [2.05, 4.69) is 11.6 Å². The van der Waals surface area contributed by atoms with Gasteiger partial charge in [0, 0.05) is 17.8 Å². The lowest BCUT2D eigenvalue weighted by atomic mass is 9.95. The minimum absolute atomic E-state index is 0.0714. The van der Waals surface area contributed by atoms with Gasteiger partial charge >= 0.3 is 12.0 Å². The van der Waals surface area contributed by atoms with E-state index in [1.807, 2.05) is 11.8 Å². The van der Waals surface area contributed by atoms with Gasteiger partial charge in [-0.3, -0.25) is 0 Å². The van der Waals surface area contributed by atoms with Gasteiger partial charge in [0.1, 0.15) is 0 Å². The van der Waals surface area contributed by atoms with E-state index < -0.39 is 12.0 Å². The molecule has 0 aromatic heterocycles. The van der Waals surface area contributed by atoms with Crippen molar-refractivity contribution in [3.8, 4) is 0 Å². The van der Waals surface area contributed by atoms with Crippen LogP contribution in [0.5, 0.6) is 0 Å². The summed E-state index contributed by atoms with van der Waals surface area (Å²) < 4.78 is 5.14. The summed E-state index contributed by atoms with van der Waals surface area (Å²) in [5.41, 5.74) is 0. The number of carbonyl (C=O) groups excluding carboxylic acids is 1. The van der Waals surface area contributed by atoms with E-state index in [0.717, 1.165) is 25.7 Å². The molecule has 1 heterocycles. The first-order chi connectivity index (χ1) is 9.61. The summed E-state index contributed by atoms with van der Waals surface area (Å²) in [4.78, 5) is 24.7. The summed E-state index contributed by atoms with van der Waals surface area (Å²) >= 11 is 1.88. The lowest BCUT2D eigenvalue weighted by Gasteiger charge is -2.35. The Morgan fingerprint density at radius 2 is 2.00 bits per heavy atom. The number of nitrogens with one attached hydrogen (secondary N) is 1. The van der Waals surface area contributed by atoms with Crippen LogP contribution in [-0.4, -0.2) is 65.4 Å². The molecule has 0 aromatic carbocycles. The molecule has 0 spiro atoms. The minimum Gasteiger partial charge on any atom is -0.480 e. The molecule has 2 amide bonds. The van der Waals surface area contributed by atoms with Crippen molar-refractivity contribution in [2.24, 2.45) is 0 Å². The smallest absolute Gasteiger partial charge is 0.328 e. The van der Waals surface area contributed by atoms with Crippen LogP contribution in [0.4, 0.5) is 4.79 Å². The number of nitrogens with zero attached hydrogens (tertiary/aromatic N) is 1. The molecule has 2 aliphatic rings. The summed E-state index contributed by atoms with van der Waals surface area (Å²) in [5, 5.41) is 12.8. The molecule has 0 bridgehead atoms. The van der Waals surface area contributed by atoms with E-state index in [9.17, 15) is 9.59 Å². The summed E-state index contributed by atoms with van der Waals surface area (Å²) in [7, 11) is 0. The average molecular weight is 302 g/mol. The molecule has 1 saturated carbocycles. The monoisotopic (exact) mass is 302 g/mol. The number of morpholine rings is 1. The minimum atomic E-state index is -1.01. The third-order valence-corrected chi connectivity index (χ3v) is 5.15. The fraction of sp³-hybridized carbons (Fsp3) is 0.846. The molecule has 1 atom stereocenters. The van der Waals surface area contributed by atoms with Gasteiger partial charge in [-0.2, -0.15) is 11.8 Å². The van der Waals surface area contributed by atoms with Gasteiger partial charge in [0.05, 0.1) is 13.2 Å². The number of urea groups is 1. The second-order valence-corrected chi connectivity index (χ2v) is 6.42. The lowest BCUT2D eigenvalue weighted by Crippen LogP contribution is -2.57. The molecule has 1 saturated heterocycles. The van der Waals surface area contributed by atoms with Crippen molar-refractivity contribution in [2.45, 2.75) is 43.0 Å². The SMILES string of the molecule is CSC1CCC(NC(=O)N2CCOCC2C(=O)O)CC1. The molecule has 20 heavy (non-hydrogen) atoms. The summed E-state index contributed by atoms with van der Waals surface area (Å²) in [6, 6.07) is -0.970. The zero-order chi connectivity index (χ0) is 14.5. The third-order valence-electron chi connectivity index (χ3n) is 4.01. The van der Waals surface area contributed by atoms with Gasteiger partial charge in [-0.05, 0) is 31.9 Å². The highest BCUT2D eigenvalue weighted by atomic mass is 32.2. The summed E-state index contributed by atoms with van der Waals surface area (Å²) in [5.74, 6) is -1.01. The Kier molecular flexibility index (Phi) is 5.54. The highest BCUT2D eigenvalue weighted by Crippen LogP contribution is 2.27. The summed E-state index contributed by atoms with van der Waals surface area (Å²) in [6.45, 7) is 0.807. The van der Waals surface area contributed by atoms with Crippen LogP contribution < -0.4 is 5.32 Å². The standard InChI is InChI=1S/C13H22N2O4S/c1-20-10-4-2-9(3-5-10)14-13(18)15-6-7-19-8-11(15)12(16)17/h9-11H,2-8H2,1H3,(H,14,18)(H,16,17). The third kappa shape index (κ3) is 3.79. The first kappa shape index (κ1) is 15.4. The second-order valence-electron chi connectivity index (χ2n) is 5.28. The first-order valence-corrected chi connectivity index (χ1v) is 8.31. The van der Waals surface area contributed by atoms with Crippen molar-refractivity contribution in [3.05, 3.63) is 0 Å². The quantitative estimate of drug-likeness (QED) is 0.818. The topological polar surface area (TPSA) is 78.9 Å². The average Bonchev–Trinajstić information content (AvgIpc) is 2.48. The van der Waals surface area contributed by atoms with Gasteiger partial charge in [0.25, 0.3) is 0 Å². The molecule has 2 rings (SSSR count). The van der Waals surface area contributed by atoms with Crippen LogP contribution in [0, 0.1) is 0 Å². The number of aliphatic carboxylic acids is 1. The number of carboxylic acids is 1. The van der Waals surface area contributed by atoms with Crippen LogP contribution in [0.1, 0.15) is 25.7 Å². The number of ether oxygens (including phenoxy) is 1. The number of amides is 2. The fourth-order valence-electron chi connectivity index (χ4n) is 2.75. The van der Waals surface area contributed by atoms with Crippen molar-refractivity contribution in [3.63, 3.8) is 0 Å². The van der Waals surface area contributed by atoms with Crippen LogP contribution in [-0.2, 0) is 9.53 Å². The summed E-state index contributed by atoms with van der Waals surface area (Å²) in [6.07, 6.45) is 6.28. The van der Waals surface area contributed by atoms with Gasteiger partial charge in [0.15, 0.2) is 6.04 Å². The van der Waals surface area contributed by atoms with Gasteiger partial charge < -0.3 is 20.1 Å². The van der Waals surface area contributed by atoms with E-state index in [1.54, 1.807) is 0 Å². The normalized spacial score (nSPS) is 30.9. The molecule has 1 aliphatic heterocycles. The molecule has 114 valence electrons. The molecule has 0 aromatic rings. The molecule has 1 unspecified atom stereocenters. The molecule has 2 N–H and O–H groups in total. The fourth-order valence-corrected chi connectivity index (χ4v) is 3.50. The number of carboxylic acid groups (broad SMARTS) is 1. The number of hydrogen-bond acceptors (Lipinski definition) is 4. The zero-order valence-corrected chi connectivity index (χ0v) is 12.5. The Hall–Kier alpha value is -0.950. The second kappa shape index (κ2) is 7.17. The molecular formula is C13H22N2O4S. The van der Waals surface area contributed by atoms with Crippen molar-refractivity contribution < 1.29 is 19.4 Å². The van der Waals surface area contributed by atoms with Crippen LogP contribution in [0.25, 0.3) is 0 Å². The largest absolute Gasteiger partial charge is 0.480 e. The van der Waals surface area contributed by atoms with Gasteiger partial charge in [-0.1, -0.05) is 0 Å². The van der Waals surface area contributed by atoms with Gasteiger partial charge in [-0.25, -0.2) is 9.59 Å². The highest BCUT2D eigenvalue weighted by Gasteiger charge is 2.34. The lowest BCUT2D eigenvalue weighted by molar-refractivity contribution is -0.147. The van der Waals surface area contributed by atoms with E-state index in [0.29, 0.717) is 18.4 Å². The predicted molar refractivity (Wildman–Crippen MR) is 77.0 cm³/mol. The van der Waals surface area contributed by atoms with E-state index in [1.165, 1.54) is 4.90 Å². The molecule has 1 aliphatic carbocycles. The van der Waals surface area contributed by atoms with Crippen molar-refractivity contribution in [1.82, 2.24) is 10.2 Å². The van der Waals surface area contributed by atoms with Crippen LogP contribution >= 0.6 is 11.8 Å². The molecule has 0 radical (unpaired) electrons. The number of hydrogen-bond donors (Lipinski definition) is 2. The molecular weight excluding hydrogens is 280 g/mol. The first-order valence-electron chi connectivity index (χ1n) is 7.02. The Morgan fingerprint density at radius 3 is 2.60 bits per heavy atom. The van der Waals surface area contributed by atoms with E-state index >= 15 is 0 Å². The van der Waals surface area contributed by atoms with Crippen LogP contribution in [0.3, 0.4) is 0 Å². The maximum atomic E-state index is 12.2. The number of rotatable bonds is 3. The maximum Gasteiger partial charge on any atom is 0.328 e. The maximum absolute atomic E-state index is 12.2. The Morgan fingerprint density at radius 1 is 1.30 bits per heavy atom. The van der Waals surface area contributed by atoms with E-state index in [-0.39, 0.29) is 18.7 Å². The molecule has 2 fully saturated rings. The number of thioether (sulfide) groups is 1. The Bertz CT molecular complexity index is 358. The zero-order valence-electron chi connectivity index (χ0n) is 11.7. The van der Waals surface area contributed by atoms with Crippen LogP contribution in [0.2, 0.25) is 0 Å². The Balaban J connectivity index is 1.86. The van der Waals surface area contributed by atoms with Gasteiger partial charge in [0.2, 0.25) is 0 Å². The molecule has 6 nitrogen and oxygen atoms in total. The van der Waals surface area contributed by atoms with Gasteiger partial charge in [-0.15, -0.1) is 0 Å². The highest BCUT2D eigenvalue weighted by molar-refractivity contribution is 7.99. The predicted octanol–water partition coefficient (Wildman–Crippen LogP) is 1.16. The Labute approximate surface area is 123 Å².